The maximum absolute atomic E-state index is 11.4. The van der Waals surface area contributed by atoms with Crippen LogP contribution in [0.25, 0.3) is 0 Å². The first kappa shape index (κ1) is 15.7. The molecule has 2 aliphatic rings. The maximum atomic E-state index is 11.4. The van der Waals surface area contributed by atoms with E-state index in [1.165, 1.54) is 7.11 Å². The second-order valence-corrected chi connectivity index (χ2v) is 5.60. The lowest BCUT2D eigenvalue weighted by Crippen LogP contribution is -2.52. The SMILES string of the molecule is COCC(=O)NC[C@]1(O)CN(C2CCOCC2)C[C@H]1O. The fourth-order valence-corrected chi connectivity index (χ4v) is 2.85. The van der Waals surface area contributed by atoms with Crippen LogP contribution in [0.15, 0.2) is 0 Å². The number of likely N-dealkylation sites (tertiary alicyclic amines) is 1. The second-order valence-electron chi connectivity index (χ2n) is 5.60. The highest BCUT2D eigenvalue weighted by Gasteiger charge is 2.46. The fourth-order valence-electron chi connectivity index (χ4n) is 2.85. The van der Waals surface area contributed by atoms with E-state index in [2.05, 4.69) is 10.2 Å². The van der Waals surface area contributed by atoms with E-state index in [-0.39, 0.29) is 19.1 Å². The van der Waals surface area contributed by atoms with Crippen LogP contribution in [0.2, 0.25) is 0 Å². The average molecular weight is 288 g/mol. The number of ether oxygens (including phenoxy) is 2. The molecule has 7 nitrogen and oxygen atoms in total. The van der Waals surface area contributed by atoms with Crippen LogP contribution in [-0.2, 0) is 14.3 Å². The molecule has 0 aromatic carbocycles. The summed E-state index contributed by atoms with van der Waals surface area (Å²) in [6.07, 6.45) is 0.977. The van der Waals surface area contributed by atoms with E-state index in [1.54, 1.807) is 0 Å². The molecule has 0 aromatic rings. The number of aliphatic hydroxyl groups excluding tert-OH is 1. The van der Waals surface area contributed by atoms with Crippen LogP contribution in [0.4, 0.5) is 0 Å². The summed E-state index contributed by atoms with van der Waals surface area (Å²) in [6, 6.07) is 0.335. The maximum Gasteiger partial charge on any atom is 0.246 e. The third kappa shape index (κ3) is 3.67. The van der Waals surface area contributed by atoms with Crippen LogP contribution in [0.1, 0.15) is 12.8 Å². The molecular formula is C13H24N2O5. The zero-order valence-electron chi connectivity index (χ0n) is 11.9. The van der Waals surface area contributed by atoms with E-state index >= 15 is 0 Å². The first-order valence-corrected chi connectivity index (χ1v) is 7.03. The van der Waals surface area contributed by atoms with Gasteiger partial charge in [-0.05, 0) is 12.8 Å². The van der Waals surface area contributed by atoms with Crippen molar-refractivity contribution in [3.05, 3.63) is 0 Å². The predicted molar refractivity (Wildman–Crippen MR) is 71.3 cm³/mol. The van der Waals surface area contributed by atoms with Gasteiger partial charge in [-0.15, -0.1) is 0 Å². The molecule has 0 radical (unpaired) electrons. The summed E-state index contributed by atoms with van der Waals surface area (Å²) in [6.45, 7) is 2.24. The fraction of sp³-hybridized carbons (Fsp3) is 0.923. The number of rotatable bonds is 5. The minimum Gasteiger partial charge on any atom is -0.389 e. The van der Waals surface area contributed by atoms with Gasteiger partial charge in [-0.2, -0.15) is 0 Å². The number of amides is 1. The summed E-state index contributed by atoms with van der Waals surface area (Å²) in [7, 11) is 1.44. The van der Waals surface area contributed by atoms with Gasteiger partial charge in [0.2, 0.25) is 5.91 Å². The molecule has 2 aliphatic heterocycles. The number of hydrogen-bond acceptors (Lipinski definition) is 6. The molecule has 0 aromatic heterocycles. The third-order valence-electron chi connectivity index (χ3n) is 4.08. The molecule has 0 unspecified atom stereocenters. The molecule has 0 saturated carbocycles. The Kier molecular flexibility index (Phi) is 5.34. The van der Waals surface area contributed by atoms with Gasteiger partial charge in [-0.1, -0.05) is 0 Å². The van der Waals surface area contributed by atoms with Gasteiger partial charge in [0.1, 0.15) is 12.2 Å². The summed E-state index contributed by atoms with van der Waals surface area (Å²) in [5, 5.41) is 23.2. The molecule has 0 bridgehead atoms. The van der Waals surface area contributed by atoms with E-state index in [0.717, 1.165) is 26.1 Å². The van der Waals surface area contributed by atoms with Gasteiger partial charge in [0, 0.05) is 39.5 Å². The molecule has 0 aliphatic carbocycles. The van der Waals surface area contributed by atoms with Crippen LogP contribution < -0.4 is 5.32 Å². The van der Waals surface area contributed by atoms with Gasteiger partial charge in [-0.25, -0.2) is 0 Å². The van der Waals surface area contributed by atoms with E-state index in [4.69, 9.17) is 9.47 Å². The van der Waals surface area contributed by atoms with Crippen molar-refractivity contribution >= 4 is 5.91 Å². The molecule has 2 rings (SSSR count). The van der Waals surface area contributed by atoms with E-state index < -0.39 is 11.7 Å². The molecule has 2 fully saturated rings. The first-order valence-electron chi connectivity index (χ1n) is 7.03. The van der Waals surface area contributed by atoms with Crippen molar-refractivity contribution < 1.29 is 24.5 Å². The number of methoxy groups -OCH3 is 1. The smallest absolute Gasteiger partial charge is 0.246 e. The topological polar surface area (TPSA) is 91.3 Å². The van der Waals surface area contributed by atoms with Gasteiger partial charge in [0.05, 0.1) is 12.6 Å². The minimum absolute atomic E-state index is 0.0378. The summed E-state index contributed by atoms with van der Waals surface area (Å²) < 4.78 is 10.0. The predicted octanol–water partition coefficient (Wildman–Crippen LogP) is -1.66. The Bertz CT molecular complexity index is 335. The third-order valence-corrected chi connectivity index (χ3v) is 4.08. The lowest BCUT2D eigenvalue weighted by Gasteiger charge is -2.32. The molecule has 0 spiro atoms. The van der Waals surface area contributed by atoms with Crippen LogP contribution in [0.5, 0.6) is 0 Å². The number of nitrogens with zero attached hydrogens (tertiary/aromatic N) is 1. The summed E-state index contributed by atoms with van der Waals surface area (Å²) in [4.78, 5) is 13.5. The lowest BCUT2D eigenvalue weighted by molar-refractivity contribution is -0.126. The summed E-state index contributed by atoms with van der Waals surface area (Å²) >= 11 is 0. The number of aliphatic hydroxyl groups is 2. The van der Waals surface area contributed by atoms with Crippen LogP contribution in [0.3, 0.4) is 0 Å². The van der Waals surface area contributed by atoms with Gasteiger partial charge < -0.3 is 25.0 Å². The monoisotopic (exact) mass is 288 g/mol. The van der Waals surface area contributed by atoms with E-state index in [9.17, 15) is 15.0 Å². The average Bonchev–Trinajstić information content (AvgIpc) is 2.75. The second kappa shape index (κ2) is 6.82. The summed E-state index contributed by atoms with van der Waals surface area (Å²) in [5.74, 6) is -0.294. The Hall–Kier alpha value is -0.730. The molecule has 2 saturated heterocycles. The number of nitrogens with one attached hydrogen (secondary N) is 1. The van der Waals surface area contributed by atoms with Crippen molar-refractivity contribution in [2.45, 2.75) is 30.6 Å². The van der Waals surface area contributed by atoms with Crippen molar-refractivity contribution in [1.29, 1.82) is 0 Å². The first-order chi connectivity index (χ1) is 9.55. The molecule has 2 heterocycles. The standard InChI is InChI=1S/C13H24N2O5/c1-19-7-12(17)14-8-13(18)9-15(6-11(13)16)10-2-4-20-5-3-10/h10-11,16,18H,2-9H2,1H3,(H,14,17)/t11-,13+/m1/s1. The van der Waals surface area contributed by atoms with Gasteiger partial charge in [-0.3, -0.25) is 9.69 Å². The lowest BCUT2D eigenvalue weighted by atomic mass is 10.0. The molecule has 116 valence electrons. The molecule has 3 N–H and O–H groups in total. The van der Waals surface area contributed by atoms with E-state index in [1.807, 2.05) is 0 Å². The Morgan fingerprint density at radius 2 is 2.20 bits per heavy atom. The Balaban J connectivity index is 1.86. The number of hydrogen-bond donors (Lipinski definition) is 3. The molecule has 1 amide bonds. The van der Waals surface area contributed by atoms with Crippen molar-refractivity contribution in [3.63, 3.8) is 0 Å². The minimum atomic E-state index is -1.29. The quantitative estimate of drug-likeness (QED) is 0.561. The van der Waals surface area contributed by atoms with Gasteiger partial charge in [0.15, 0.2) is 0 Å². The van der Waals surface area contributed by atoms with Crippen molar-refractivity contribution in [1.82, 2.24) is 10.2 Å². The van der Waals surface area contributed by atoms with Gasteiger partial charge in [0.25, 0.3) is 0 Å². The Morgan fingerprint density at radius 3 is 2.85 bits per heavy atom. The Morgan fingerprint density at radius 1 is 1.50 bits per heavy atom. The molecule has 2 atom stereocenters. The van der Waals surface area contributed by atoms with Crippen molar-refractivity contribution in [3.8, 4) is 0 Å². The number of carbonyl (C=O) groups is 1. The normalized spacial score (nSPS) is 32.5. The van der Waals surface area contributed by atoms with Crippen molar-refractivity contribution in [2.75, 3.05) is 46.6 Å². The highest BCUT2D eigenvalue weighted by atomic mass is 16.5. The van der Waals surface area contributed by atoms with Crippen LogP contribution in [-0.4, -0.2) is 85.3 Å². The number of β-amino-alcohol motifs (C(OH)–C–C–N with tert-alkyl or cyclic N) is 2. The highest BCUT2D eigenvalue weighted by Crippen LogP contribution is 2.26. The molecule has 20 heavy (non-hydrogen) atoms. The zero-order chi connectivity index (χ0) is 14.6. The van der Waals surface area contributed by atoms with Crippen molar-refractivity contribution in [2.24, 2.45) is 0 Å². The molecular weight excluding hydrogens is 264 g/mol. The highest BCUT2D eigenvalue weighted by molar-refractivity contribution is 5.77. The van der Waals surface area contributed by atoms with Gasteiger partial charge >= 0.3 is 0 Å². The van der Waals surface area contributed by atoms with E-state index in [0.29, 0.717) is 19.1 Å². The zero-order valence-corrected chi connectivity index (χ0v) is 11.9. The van der Waals surface area contributed by atoms with Crippen LogP contribution >= 0.6 is 0 Å². The largest absolute Gasteiger partial charge is 0.389 e. The van der Waals surface area contributed by atoms with Crippen LogP contribution in [0, 0.1) is 0 Å². The summed E-state index contributed by atoms with van der Waals surface area (Å²) in [5.41, 5.74) is -1.29. The Labute approximate surface area is 118 Å². The molecule has 7 heteroatoms. The number of carbonyl (C=O) groups excluding carboxylic acids is 1.